The van der Waals surface area contributed by atoms with Gasteiger partial charge >= 0.3 is 0 Å². The average Bonchev–Trinajstić information content (AvgIpc) is 3.34. The van der Waals surface area contributed by atoms with Crippen molar-refractivity contribution in [3.63, 3.8) is 0 Å². The summed E-state index contributed by atoms with van der Waals surface area (Å²) >= 11 is 0. The second kappa shape index (κ2) is 10.9. The molecule has 0 spiro atoms. The molecular weight excluding hydrogens is 452 g/mol. The van der Waals surface area contributed by atoms with Crippen LogP contribution in [0.15, 0.2) is 90.1 Å². The summed E-state index contributed by atoms with van der Waals surface area (Å²) in [7, 11) is 1.64. The summed E-state index contributed by atoms with van der Waals surface area (Å²) in [5.41, 5.74) is 4.71. The highest BCUT2D eigenvalue weighted by Gasteiger charge is 2.12. The molecule has 5 aromatic rings. The van der Waals surface area contributed by atoms with Crippen LogP contribution in [-0.2, 0) is 19.6 Å². The Morgan fingerprint density at radius 3 is 2.72 bits per heavy atom. The third kappa shape index (κ3) is 5.29. The van der Waals surface area contributed by atoms with Gasteiger partial charge < -0.3 is 24.9 Å². The first-order valence-corrected chi connectivity index (χ1v) is 11.9. The van der Waals surface area contributed by atoms with Gasteiger partial charge in [-0.15, -0.1) is 0 Å². The highest BCUT2D eigenvalue weighted by Crippen LogP contribution is 2.18. The number of fused-ring (bicyclic) bond motifs is 1. The Balaban J connectivity index is 1.32. The summed E-state index contributed by atoms with van der Waals surface area (Å²) in [6, 6.07) is 21.6. The lowest BCUT2D eigenvalue weighted by atomic mass is 10.1. The fourth-order valence-electron chi connectivity index (χ4n) is 4.18. The quantitative estimate of drug-likeness (QED) is 0.259. The Hall–Kier alpha value is -4.43. The maximum atomic E-state index is 13.5. The SMILES string of the molecule is COc1cccc(CNc2ncc(-c3ccccc3)n(CCNCc3cc4cnccc4[nH]3)c2=O)c1. The minimum absolute atomic E-state index is 0.155. The van der Waals surface area contributed by atoms with Gasteiger partial charge in [0.15, 0.2) is 5.82 Å². The average molecular weight is 481 g/mol. The summed E-state index contributed by atoms with van der Waals surface area (Å²) < 4.78 is 7.07. The molecule has 0 unspecified atom stereocenters. The number of nitrogens with zero attached hydrogens (tertiary/aromatic N) is 3. The fourth-order valence-corrected chi connectivity index (χ4v) is 4.18. The van der Waals surface area contributed by atoms with Crippen molar-refractivity contribution in [1.29, 1.82) is 0 Å². The van der Waals surface area contributed by atoms with E-state index < -0.39 is 0 Å². The predicted molar refractivity (Wildman–Crippen MR) is 142 cm³/mol. The number of anilines is 1. The van der Waals surface area contributed by atoms with Crippen LogP contribution in [0.2, 0.25) is 0 Å². The van der Waals surface area contributed by atoms with Gasteiger partial charge in [-0.1, -0.05) is 42.5 Å². The highest BCUT2D eigenvalue weighted by molar-refractivity contribution is 5.79. The van der Waals surface area contributed by atoms with Crippen LogP contribution in [-0.4, -0.2) is 33.2 Å². The van der Waals surface area contributed by atoms with E-state index in [-0.39, 0.29) is 5.56 Å². The molecule has 182 valence electrons. The molecule has 0 aliphatic rings. The first kappa shape index (κ1) is 23.3. The number of nitrogens with one attached hydrogen (secondary N) is 3. The monoisotopic (exact) mass is 480 g/mol. The number of hydrogen-bond donors (Lipinski definition) is 3. The van der Waals surface area contributed by atoms with Gasteiger partial charge in [0.25, 0.3) is 5.56 Å². The van der Waals surface area contributed by atoms with Crippen LogP contribution in [0.25, 0.3) is 22.2 Å². The molecule has 3 heterocycles. The van der Waals surface area contributed by atoms with Crippen molar-refractivity contribution in [2.45, 2.75) is 19.6 Å². The number of hydrogen-bond acceptors (Lipinski definition) is 6. The number of H-pyrrole nitrogens is 1. The summed E-state index contributed by atoms with van der Waals surface area (Å²) in [5, 5.41) is 7.72. The molecule has 0 aliphatic heterocycles. The summed E-state index contributed by atoms with van der Waals surface area (Å²) in [6.07, 6.45) is 5.38. The number of rotatable bonds is 10. The molecule has 8 heteroatoms. The van der Waals surface area contributed by atoms with E-state index in [2.05, 4.69) is 31.7 Å². The zero-order valence-electron chi connectivity index (χ0n) is 20.1. The van der Waals surface area contributed by atoms with Crippen LogP contribution in [0.1, 0.15) is 11.3 Å². The number of benzene rings is 2. The van der Waals surface area contributed by atoms with Crippen molar-refractivity contribution in [3.8, 4) is 17.0 Å². The van der Waals surface area contributed by atoms with Gasteiger partial charge in [0, 0.05) is 55.2 Å². The molecule has 3 N–H and O–H groups in total. The van der Waals surface area contributed by atoms with E-state index >= 15 is 0 Å². The van der Waals surface area contributed by atoms with Crippen molar-refractivity contribution in [3.05, 3.63) is 107 Å². The Morgan fingerprint density at radius 1 is 1.00 bits per heavy atom. The van der Waals surface area contributed by atoms with Crippen molar-refractivity contribution < 1.29 is 4.74 Å². The summed E-state index contributed by atoms with van der Waals surface area (Å²) in [5.74, 6) is 1.09. The maximum absolute atomic E-state index is 13.5. The molecule has 0 fully saturated rings. The van der Waals surface area contributed by atoms with E-state index in [4.69, 9.17) is 4.74 Å². The number of ether oxygens (including phenoxy) is 1. The van der Waals surface area contributed by atoms with Gasteiger partial charge in [-0.2, -0.15) is 0 Å². The molecule has 36 heavy (non-hydrogen) atoms. The van der Waals surface area contributed by atoms with Crippen LogP contribution in [0.3, 0.4) is 0 Å². The maximum Gasteiger partial charge on any atom is 0.293 e. The Bertz CT molecular complexity index is 1480. The minimum atomic E-state index is -0.155. The molecule has 0 atom stereocenters. The van der Waals surface area contributed by atoms with Crippen LogP contribution in [0, 0.1) is 0 Å². The van der Waals surface area contributed by atoms with Crippen LogP contribution >= 0.6 is 0 Å². The zero-order valence-corrected chi connectivity index (χ0v) is 20.1. The predicted octanol–water partition coefficient (Wildman–Crippen LogP) is 4.20. The molecule has 0 aliphatic carbocycles. The Kier molecular flexibility index (Phi) is 7.05. The van der Waals surface area contributed by atoms with Crippen molar-refractivity contribution in [2.75, 3.05) is 19.0 Å². The van der Waals surface area contributed by atoms with E-state index in [1.807, 2.05) is 66.9 Å². The number of pyridine rings is 1. The lowest BCUT2D eigenvalue weighted by molar-refractivity contribution is 0.414. The molecule has 0 saturated heterocycles. The smallest absolute Gasteiger partial charge is 0.293 e. The zero-order chi connectivity index (χ0) is 24.7. The lowest BCUT2D eigenvalue weighted by Crippen LogP contribution is -2.30. The molecule has 0 saturated carbocycles. The first-order chi connectivity index (χ1) is 17.7. The lowest BCUT2D eigenvalue weighted by Gasteiger charge is -2.15. The first-order valence-electron chi connectivity index (χ1n) is 11.9. The summed E-state index contributed by atoms with van der Waals surface area (Å²) in [4.78, 5) is 25.5. The second-order valence-electron chi connectivity index (χ2n) is 8.45. The molecule has 5 rings (SSSR count). The Morgan fingerprint density at radius 2 is 1.89 bits per heavy atom. The van der Waals surface area contributed by atoms with Gasteiger partial charge in [0.2, 0.25) is 0 Å². The molecular formula is C28H28N6O2. The topological polar surface area (TPSA) is 96.9 Å². The fraction of sp³-hybridized carbons (Fsp3) is 0.179. The standard InChI is InChI=1S/C28H28N6O2/c1-36-24-9-5-6-20(14-24)16-31-27-28(35)34(26(19-32-27)21-7-3-2-4-8-21)13-12-30-18-23-15-22-17-29-11-10-25(22)33-23/h2-11,14-15,17,19,30,33H,12-13,16,18H2,1H3,(H,31,32). The van der Waals surface area contributed by atoms with E-state index in [1.54, 1.807) is 24.1 Å². The summed E-state index contributed by atoms with van der Waals surface area (Å²) in [6.45, 7) is 2.25. The minimum Gasteiger partial charge on any atom is -0.497 e. The van der Waals surface area contributed by atoms with E-state index in [0.29, 0.717) is 32.0 Å². The van der Waals surface area contributed by atoms with Crippen molar-refractivity contribution in [1.82, 2.24) is 24.8 Å². The molecule has 8 nitrogen and oxygen atoms in total. The second-order valence-corrected chi connectivity index (χ2v) is 8.45. The third-order valence-corrected chi connectivity index (χ3v) is 6.02. The number of aromatic nitrogens is 4. The van der Waals surface area contributed by atoms with E-state index in [0.717, 1.165) is 39.2 Å². The van der Waals surface area contributed by atoms with E-state index in [1.165, 1.54) is 0 Å². The van der Waals surface area contributed by atoms with Gasteiger partial charge in [-0.05, 0) is 35.4 Å². The van der Waals surface area contributed by atoms with Crippen LogP contribution in [0.5, 0.6) is 5.75 Å². The highest BCUT2D eigenvalue weighted by atomic mass is 16.5. The largest absolute Gasteiger partial charge is 0.497 e. The van der Waals surface area contributed by atoms with Crippen molar-refractivity contribution >= 4 is 16.7 Å². The van der Waals surface area contributed by atoms with Crippen LogP contribution < -0.4 is 20.9 Å². The van der Waals surface area contributed by atoms with Crippen LogP contribution in [0.4, 0.5) is 5.82 Å². The Labute approximate surface area is 209 Å². The molecule has 0 radical (unpaired) electrons. The van der Waals surface area contributed by atoms with Gasteiger partial charge in [0.1, 0.15) is 5.75 Å². The normalized spacial score (nSPS) is 11.0. The van der Waals surface area contributed by atoms with Crippen molar-refractivity contribution in [2.24, 2.45) is 0 Å². The van der Waals surface area contributed by atoms with Gasteiger partial charge in [0.05, 0.1) is 19.0 Å². The molecule has 0 amide bonds. The van der Waals surface area contributed by atoms with Gasteiger partial charge in [-0.3, -0.25) is 9.78 Å². The number of methoxy groups -OCH3 is 1. The molecule has 2 aromatic carbocycles. The number of aromatic amines is 1. The third-order valence-electron chi connectivity index (χ3n) is 6.02. The van der Waals surface area contributed by atoms with E-state index in [9.17, 15) is 4.79 Å². The molecule has 0 bridgehead atoms. The molecule has 3 aromatic heterocycles. The van der Waals surface area contributed by atoms with Gasteiger partial charge in [-0.25, -0.2) is 4.98 Å².